The topological polar surface area (TPSA) is 57.1 Å². The van der Waals surface area contributed by atoms with Crippen LogP contribution in [0.3, 0.4) is 0 Å². The van der Waals surface area contributed by atoms with Crippen molar-refractivity contribution in [2.75, 3.05) is 0 Å². The Morgan fingerprint density at radius 3 is 1.44 bits per heavy atom. The van der Waals surface area contributed by atoms with Crippen molar-refractivity contribution in [2.24, 2.45) is 0 Å². The van der Waals surface area contributed by atoms with Crippen molar-refractivity contribution in [1.29, 1.82) is 0 Å². The summed E-state index contributed by atoms with van der Waals surface area (Å²) >= 11 is 0. The number of hydrogen-bond acceptors (Lipinski definition) is 5. The lowest BCUT2D eigenvalue weighted by Crippen LogP contribution is -2.41. The van der Waals surface area contributed by atoms with Gasteiger partial charge in [-0.15, -0.1) is 0 Å². The zero-order valence-electron chi connectivity index (χ0n) is 24.8. The van der Waals surface area contributed by atoms with Crippen LogP contribution in [0.5, 0.6) is 0 Å². The molecule has 0 spiro atoms. The van der Waals surface area contributed by atoms with Gasteiger partial charge < -0.3 is 9.31 Å². The highest BCUT2D eigenvalue weighted by molar-refractivity contribution is 6.64. The lowest BCUT2D eigenvalue weighted by Gasteiger charge is -2.32. The van der Waals surface area contributed by atoms with Gasteiger partial charge in [0.15, 0.2) is 17.5 Å². The van der Waals surface area contributed by atoms with Crippen molar-refractivity contribution < 1.29 is 9.31 Å². The van der Waals surface area contributed by atoms with Crippen molar-refractivity contribution >= 4 is 23.4 Å². The van der Waals surface area contributed by atoms with E-state index in [1.807, 2.05) is 60.7 Å². The van der Waals surface area contributed by atoms with Gasteiger partial charge >= 0.3 is 7.12 Å². The first-order valence-corrected chi connectivity index (χ1v) is 14.6. The minimum absolute atomic E-state index is 0.434. The summed E-state index contributed by atoms with van der Waals surface area (Å²) in [7, 11) is -0.477. The molecule has 43 heavy (non-hydrogen) atoms. The van der Waals surface area contributed by atoms with Crippen LogP contribution in [0, 0.1) is 0 Å². The Kier molecular flexibility index (Phi) is 6.68. The molecule has 6 aromatic rings. The van der Waals surface area contributed by atoms with E-state index in [9.17, 15) is 0 Å². The van der Waals surface area contributed by atoms with Crippen molar-refractivity contribution in [3.05, 3.63) is 121 Å². The average molecular weight is 561 g/mol. The molecule has 1 aliphatic heterocycles. The Morgan fingerprint density at radius 2 is 0.907 bits per heavy atom. The van der Waals surface area contributed by atoms with Crippen molar-refractivity contribution in [3.8, 4) is 45.3 Å². The summed E-state index contributed by atoms with van der Waals surface area (Å²) in [5.74, 6) is 1.92. The van der Waals surface area contributed by atoms with Crippen LogP contribution < -0.4 is 5.46 Å². The third-order valence-electron chi connectivity index (χ3n) is 8.60. The molecule has 5 aromatic carbocycles. The highest BCUT2D eigenvalue weighted by atomic mass is 16.7. The van der Waals surface area contributed by atoms with Crippen LogP contribution in [-0.2, 0) is 9.31 Å². The standard InChI is InChI=1S/C37H32BN3O2/c1-36(2)37(3,4)43-38(42-36)31-24-23-25-13-11-12-18-30(25)32(31)26-19-21-29(22-20-26)35-40-33(27-14-7-5-8-15-27)39-34(41-35)28-16-9-6-10-17-28/h5-24H,1-4H3. The van der Waals surface area contributed by atoms with E-state index < -0.39 is 18.3 Å². The third kappa shape index (κ3) is 5.03. The fourth-order valence-corrected chi connectivity index (χ4v) is 5.50. The molecule has 1 saturated heterocycles. The second-order valence-electron chi connectivity index (χ2n) is 12.0. The van der Waals surface area contributed by atoms with Gasteiger partial charge in [0.25, 0.3) is 0 Å². The predicted octanol–water partition coefficient (Wildman–Crippen LogP) is 7.99. The van der Waals surface area contributed by atoms with E-state index in [1.54, 1.807) is 0 Å². The number of rotatable bonds is 5. The van der Waals surface area contributed by atoms with Crippen molar-refractivity contribution in [1.82, 2.24) is 15.0 Å². The molecule has 0 aliphatic carbocycles. The molecule has 0 atom stereocenters. The van der Waals surface area contributed by atoms with E-state index >= 15 is 0 Å². The molecule has 0 unspecified atom stereocenters. The molecule has 7 rings (SSSR count). The summed E-state index contributed by atoms with van der Waals surface area (Å²) < 4.78 is 13.0. The summed E-state index contributed by atoms with van der Waals surface area (Å²) in [4.78, 5) is 14.6. The van der Waals surface area contributed by atoms with Gasteiger partial charge in [0.2, 0.25) is 0 Å². The Labute approximate surface area is 252 Å². The minimum Gasteiger partial charge on any atom is -0.399 e. The molecule has 2 heterocycles. The van der Waals surface area contributed by atoms with E-state index in [-0.39, 0.29) is 0 Å². The number of fused-ring (bicyclic) bond motifs is 1. The first-order valence-electron chi connectivity index (χ1n) is 14.6. The molecule has 1 fully saturated rings. The normalized spacial score (nSPS) is 15.6. The van der Waals surface area contributed by atoms with Gasteiger partial charge in [0.05, 0.1) is 11.2 Å². The Balaban J connectivity index is 1.34. The van der Waals surface area contributed by atoms with E-state index in [0.717, 1.165) is 38.7 Å². The van der Waals surface area contributed by atoms with E-state index in [0.29, 0.717) is 17.5 Å². The van der Waals surface area contributed by atoms with Crippen LogP contribution in [-0.4, -0.2) is 33.3 Å². The van der Waals surface area contributed by atoms with Crippen molar-refractivity contribution in [2.45, 2.75) is 38.9 Å². The smallest absolute Gasteiger partial charge is 0.399 e. The number of nitrogens with zero attached hydrogens (tertiary/aromatic N) is 3. The molecular formula is C37H32BN3O2. The van der Waals surface area contributed by atoms with Gasteiger partial charge in [-0.2, -0.15) is 0 Å². The number of benzene rings is 5. The highest BCUT2D eigenvalue weighted by Crippen LogP contribution is 2.38. The zero-order valence-corrected chi connectivity index (χ0v) is 24.8. The van der Waals surface area contributed by atoms with Crippen LogP contribution in [0.1, 0.15) is 27.7 Å². The molecular weight excluding hydrogens is 529 g/mol. The third-order valence-corrected chi connectivity index (χ3v) is 8.60. The molecule has 5 nitrogen and oxygen atoms in total. The average Bonchev–Trinajstić information content (AvgIpc) is 3.27. The SMILES string of the molecule is CC1(C)OB(c2ccc3ccccc3c2-c2ccc(-c3nc(-c4ccccc4)nc(-c4ccccc4)n3)cc2)OC1(C)C. The van der Waals surface area contributed by atoms with Gasteiger partial charge in [-0.1, -0.05) is 121 Å². The monoisotopic (exact) mass is 561 g/mol. The van der Waals surface area contributed by atoms with Crippen LogP contribution in [0.2, 0.25) is 0 Å². The van der Waals surface area contributed by atoms with Gasteiger partial charge in [0, 0.05) is 16.7 Å². The van der Waals surface area contributed by atoms with Gasteiger partial charge in [-0.3, -0.25) is 0 Å². The van der Waals surface area contributed by atoms with E-state index in [2.05, 4.69) is 88.4 Å². The largest absolute Gasteiger partial charge is 0.495 e. The molecule has 0 N–H and O–H groups in total. The summed E-state index contributed by atoms with van der Waals surface area (Å²) in [5, 5.41) is 2.32. The molecule has 0 bridgehead atoms. The summed E-state index contributed by atoms with van der Waals surface area (Å²) in [6.45, 7) is 8.35. The molecule has 210 valence electrons. The number of hydrogen-bond donors (Lipinski definition) is 0. The summed E-state index contributed by atoms with van der Waals surface area (Å²) in [5.41, 5.74) is 5.14. The van der Waals surface area contributed by atoms with Gasteiger partial charge in [-0.25, -0.2) is 15.0 Å². The Hall–Kier alpha value is -4.65. The highest BCUT2D eigenvalue weighted by Gasteiger charge is 2.52. The quantitative estimate of drug-likeness (QED) is 0.200. The van der Waals surface area contributed by atoms with Crippen LogP contribution >= 0.6 is 0 Å². The first kappa shape index (κ1) is 27.2. The van der Waals surface area contributed by atoms with E-state index in [1.165, 1.54) is 5.39 Å². The second-order valence-corrected chi connectivity index (χ2v) is 12.0. The van der Waals surface area contributed by atoms with Gasteiger partial charge in [0.1, 0.15) is 0 Å². The second kappa shape index (κ2) is 10.6. The fourth-order valence-electron chi connectivity index (χ4n) is 5.50. The summed E-state index contributed by atoms with van der Waals surface area (Å²) in [6, 6.07) is 41.3. The Bertz CT molecular complexity index is 1850. The molecule has 1 aromatic heterocycles. The lowest BCUT2D eigenvalue weighted by molar-refractivity contribution is 0.00578. The zero-order chi connectivity index (χ0) is 29.6. The lowest BCUT2D eigenvalue weighted by atomic mass is 9.73. The van der Waals surface area contributed by atoms with Crippen LogP contribution in [0.4, 0.5) is 0 Å². The minimum atomic E-state index is -0.477. The maximum atomic E-state index is 6.52. The van der Waals surface area contributed by atoms with Crippen LogP contribution in [0.15, 0.2) is 121 Å². The predicted molar refractivity (Wildman–Crippen MR) is 175 cm³/mol. The first-order chi connectivity index (χ1) is 20.8. The summed E-state index contributed by atoms with van der Waals surface area (Å²) in [6.07, 6.45) is 0. The molecule has 6 heteroatoms. The molecule has 0 amide bonds. The maximum absolute atomic E-state index is 6.52. The van der Waals surface area contributed by atoms with Gasteiger partial charge in [-0.05, 0) is 55.1 Å². The molecule has 1 aliphatic rings. The van der Waals surface area contributed by atoms with Crippen LogP contribution in [0.25, 0.3) is 56.1 Å². The molecule has 0 saturated carbocycles. The Morgan fingerprint density at radius 1 is 0.465 bits per heavy atom. The maximum Gasteiger partial charge on any atom is 0.495 e. The van der Waals surface area contributed by atoms with E-state index in [4.69, 9.17) is 24.3 Å². The fraction of sp³-hybridized carbons (Fsp3) is 0.162. The molecule has 0 radical (unpaired) electrons. The number of aromatic nitrogens is 3. The van der Waals surface area contributed by atoms with Crippen molar-refractivity contribution in [3.63, 3.8) is 0 Å².